The smallest absolute Gasteiger partial charge is 0.307 e. The molecule has 0 fully saturated rings. The first-order chi connectivity index (χ1) is 13.9. The van der Waals surface area contributed by atoms with E-state index in [0.717, 1.165) is 15.4 Å². The van der Waals surface area contributed by atoms with E-state index in [-0.39, 0.29) is 37.3 Å². The number of halogens is 1. The average molecular weight is 463 g/mol. The number of esters is 1. The Kier molecular flexibility index (Phi) is 6.23. The summed E-state index contributed by atoms with van der Waals surface area (Å²) in [7, 11) is 0. The molecule has 1 heterocycles. The standard InChI is InChI=1S/C19H15BrN2O7/c20-12-3-1-4-13(11-12)28-9-10-29-16(23)7-8-21-18(24)14-5-2-6-15(22(26)27)17(14)19(21)25/h1-6,11H,7-10H2. The van der Waals surface area contributed by atoms with Gasteiger partial charge in [-0.2, -0.15) is 0 Å². The van der Waals surface area contributed by atoms with Gasteiger partial charge in [-0.3, -0.25) is 29.4 Å². The van der Waals surface area contributed by atoms with Crippen molar-refractivity contribution in [1.82, 2.24) is 4.90 Å². The summed E-state index contributed by atoms with van der Waals surface area (Å²) in [6.07, 6.45) is -0.226. The van der Waals surface area contributed by atoms with Crippen molar-refractivity contribution in [3.8, 4) is 5.75 Å². The van der Waals surface area contributed by atoms with Crippen LogP contribution in [0.25, 0.3) is 0 Å². The average Bonchev–Trinajstić information content (AvgIpc) is 2.94. The Bertz CT molecular complexity index is 992. The molecule has 1 aliphatic heterocycles. The highest BCUT2D eigenvalue weighted by Gasteiger charge is 2.40. The van der Waals surface area contributed by atoms with Gasteiger partial charge in [0.05, 0.1) is 16.9 Å². The zero-order valence-corrected chi connectivity index (χ0v) is 16.6. The minimum Gasteiger partial charge on any atom is -0.490 e. The van der Waals surface area contributed by atoms with E-state index in [1.54, 1.807) is 18.2 Å². The van der Waals surface area contributed by atoms with Crippen LogP contribution in [0.2, 0.25) is 0 Å². The van der Waals surface area contributed by atoms with Crippen molar-refractivity contribution >= 4 is 39.4 Å². The maximum atomic E-state index is 12.4. The third-order valence-electron chi connectivity index (χ3n) is 4.12. The van der Waals surface area contributed by atoms with E-state index < -0.39 is 28.4 Å². The maximum absolute atomic E-state index is 12.4. The van der Waals surface area contributed by atoms with Gasteiger partial charge in [0.15, 0.2) is 0 Å². The number of benzene rings is 2. The summed E-state index contributed by atoms with van der Waals surface area (Å²) >= 11 is 3.32. The summed E-state index contributed by atoms with van der Waals surface area (Å²) in [4.78, 5) is 47.8. The van der Waals surface area contributed by atoms with Gasteiger partial charge in [0.2, 0.25) is 0 Å². The predicted molar refractivity (Wildman–Crippen MR) is 104 cm³/mol. The van der Waals surface area contributed by atoms with Crippen LogP contribution in [-0.2, 0) is 9.53 Å². The zero-order valence-electron chi connectivity index (χ0n) is 15.0. The summed E-state index contributed by atoms with van der Waals surface area (Å²) in [5.41, 5.74) is -0.728. The number of imide groups is 1. The van der Waals surface area contributed by atoms with Gasteiger partial charge in [-0.1, -0.05) is 28.1 Å². The van der Waals surface area contributed by atoms with E-state index in [9.17, 15) is 24.5 Å². The quantitative estimate of drug-likeness (QED) is 0.194. The van der Waals surface area contributed by atoms with Crippen LogP contribution in [0, 0.1) is 10.1 Å². The maximum Gasteiger partial charge on any atom is 0.307 e. The molecule has 150 valence electrons. The van der Waals surface area contributed by atoms with E-state index >= 15 is 0 Å². The lowest BCUT2D eigenvalue weighted by atomic mass is 10.1. The van der Waals surface area contributed by atoms with Crippen LogP contribution in [0.15, 0.2) is 46.9 Å². The highest BCUT2D eigenvalue weighted by Crippen LogP contribution is 2.30. The van der Waals surface area contributed by atoms with E-state index in [1.165, 1.54) is 12.1 Å². The number of carbonyl (C=O) groups is 3. The lowest BCUT2D eigenvalue weighted by Gasteiger charge is -2.13. The Balaban J connectivity index is 1.49. The number of hydrogen-bond donors (Lipinski definition) is 0. The summed E-state index contributed by atoms with van der Waals surface area (Å²) in [6, 6.07) is 11.0. The van der Waals surface area contributed by atoms with Gasteiger partial charge < -0.3 is 9.47 Å². The minimum absolute atomic E-state index is 0.00105. The molecule has 0 aromatic heterocycles. The van der Waals surface area contributed by atoms with Crippen molar-refractivity contribution in [2.75, 3.05) is 19.8 Å². The molecular formula is C19H15BrN2O7. The topological polar surface area (TPSA) is 116 Å². The second-order valence-corrected chi connectivity index (χ2v) is 6.91. The number of carbonyl (C=O) groups excluding carboxylic acids is 3. The van der Waals surface area contributed by atoms with Gasteiger partial charge >= 0.3 is 5.97 Å². The molecule has 0 saturated heterocycles. The number of nitrogens with zero attached hydrogens (tertiary/aromatic N) is 2. The van der Waals surface area contributed by atoms with Gasteiger partial charge in [-0.05, 0) is 24.3 Å². The van der Waals surface area contributed by atoms with Gasteiger partial charge in [0.25, 0.3) is 17.5 Å². The fourth-order valence-electron chi connectivity index (χ4n) is 2.82. The molecule has 0 radical (unpaired) electrons. The fraction of sp³-hybridized carbons (Fsp3) is 0.211. The molecule has 0 spiro atoms. The highest BCUT2D eigenvalue weighted by molar-refractivity contribution is 9.10. The second kappa shape index (κ2) is 8.82. The van der Waals surface area contributed by atoms with Crippen LogP contribution in [0.1, 0.15) is 27.1 Å². The van der Waals surface area contributed by atoms with Crippen molar-refractivity contribution < 1.29 is 28.8 Å². The van der Waals surface area contributed by atoms with E-state index in [1.807, 2.05) is 6.07 Å². The molecule has 9 nitrogen and oxygen atoms in total. The van der Waals surface area contributed by atoms with Gasteiger partial charge in [-0.15, -0.1) is 0 Å². The number of hydrogen-bond acceptors (Lipinski definition) is 7. The Morgan fingerprint density at radius 1 is 1.10 bits per heavy atom. The SMILES string of the molecule is O=C(CCN1C(=O)c2cccc([N+](=O)[O-])c2C1=O)OCCOc1cccc(Br)c1. The molecule has 0 atom stereocenters. The second-order valence-electron chi connectivity index (χ2n) is 6.00. The van der Waals surface area contributed by atoms with Crippen LogP contribution >= 0.6 is 15.9 Å². The van der Waals surface area contributed by atoms with Crippen LogP contribution in [0.3, 0.4) is 0 Å². The number of fused-ring (bicyclic) bond motifs is 1. The summed E-state index contributed by atoms with van der Waals surface area (Å²) in [5, 5.41) is 11.1. The van der Waals surface area contributed by atoms with Crippen molar-refractivity contribution in [2.45, 2.75) is 6.42 Å². The van der Waals surface area contributed by atoms with Gasteiger partial charge in [0, 0.05) is 17.1 Å². The number of nitro benzene ring substituents is 1. The first kappa shape index (κ1) is 20.5. The Morgan fingerprint density at radius 3 is 2.59 bits per heavy atom. The predicted octanol–water partition coefficient (Wildman–Crippen LogP) is 2.97. The van der Waals surface area contributed by atoms with Crippen LogP contribution < -0.4 is 4.74 Å². The molecule has 10 heteroatoms. The summed E-state index contributed by atoms with van der Waals surface area (Å²) in [5.74, 6) is -1.46. The minimum atomic E-state index is -0.789. The molecule has 0 N–H and O–H groups in total. The Hall–Kier alpha value is -3.27. The number of nitro groups is 1. The van der Waals surface area contributed by atoms with Crippen LogP contribution in [-0.4, -0.2) is 47.4 Å². The van der Waals surface area contributed by atoms with E-state index in [4.69, 9.17) is 9.47 Å². The molecule has 0 bridgehead atoms. The number of rotatable bonds is 8. The van der Waals surface area contributed by atoms with Gasteiger partial charge in [-0.25, -0.2) is 0 Å². The molecule has 3 rings (SSSR count). The third kappa shape index (κ3) is 4.60. The normalized spacial score (nSPS) is 12.7. The van der Waals surface area contributed by atoms with E-state index in [0.29, 0.717) is 5.75 Å². The molecule has 2 amide bonds. The molecule has 2 aromatic rings. The molecule has 0 aliphatic carbocycles. The van der Waals surface area contributed by atoms with Gasteiger partial charge in [0.1, 0.15) is 24.5 Å². The van der Waals surface area contributed by atoms with E-state index in [2.05, 4.69) is 15.9 Å². The lowest BCUT2D eigenvalue weighted by Crippen LogP contribution is -2.32. The van der Waals surface area contributed by atoms with Crippen molar-refractivity contribution in [2.24, 2.45) is 0 Å². The molecule has 29 heavy (non-hydrogen) atoms. The largest absolute Gasteiger partial charge is 0.490 e. The molecule has 2 aromatic carbocycles. The first-order valence-electron chi connectivity index (χ1n) is 8.56. The van der Waals surface area contributed by atoms with Crippen LogP contribution in [0.5, 0.6) is 5.75 Å². The summed E-state index contributed by atoms with van der Waals surface area (Å²) in [6.45, 7) is -0.0881. The fourth-order valence-corrected chi connectivity index (χ4v) is 3.20. The zero-order chi connectivity index (χ0) is 21.0. The first-order valence-corrected chi connectivity index (χ1v) is 9.35. The molecule has 0 unspecified atom stereocenters. The lowest BCUT2D eigenvalue weighted by molar-refractivity contribution is -0.385. The monoisotopic (exact) mass is 462 g/mol. The Morgan fingerprint density at radius 2 is 1.86 bits per heavy atom. The summed E-state index contributed by atoms with van der Waals surface area (Å²) < 4.78 is 11.3. The number of ether oxygens (including phenoxy) is 2. The van der Waals surface area contributed by atoms with Crippen molar-refractivity contribution in [3.05, 3.63) is 68.2 Å². The molecule has 0 saturated carbocycles. The van der Waals surface area contributed by atoms with Crippen molar-refractivity contribution in [1.29, 1.82) is 0 Å². The van der Waals surface area contributed by atoms with Crippen molar-refractivity contribution in [3.63, 3.8) is 0 Å². The number of amides is 2. The van der Waals surface area contributed by atoms with Crippen LogP contribution in [0.4, 0.5) is 5.69 Å². The highest BCUT2D eigenvalue weighted by atomic mass is 79.9. The third-order valence-corrected chi connectivity index (χ3v) is 4.62. The Labute approximate surface area is 173 Å². The molecule has 1 aliphatic rings. The molecular weight excluding hydrogens is 448 g/mol.